The van der Waals surface area contributed by atoms with E-state index < -0.39 is 29.4 Å². The van der Waals surface area contributed by atoms with Crippen LogP contribution in [0.3, 0.4) is 0 Å². The van der Waals surface area contributed by atoms with Crippen LogP contribution in [0.25, 0.3) is 5.57 Å². The van der Waals surface area contributed by atoms with Gasteiger partial charge in [0, 0.05) is 28.3 Å². The molecule has 1 spiro atoms. The third-order valence-electron chi connectivity index (χ3n) is 5.50. The predicted molar refractivity (Wildman–Crippen MR) is 98.6 cm³/mol. The zero-order valence-corrected chi connectivity index (χ0v) is 15.3. The predicted octanol–water partition coefficient (Wildman–Crippen LogP) is 2.63. The highest BCUT2D eigenvalue weighted by Gasteiger charge is 2.62. The van der Waals surface area contributed by atoms with E-state index in [0.717, 1.165) is 24.8 Å². The molecule has 1 aromatic heterocycles. The first-order valence-electron chi connectivity index (χ1n) is 8.76. The Morgan fingerprint density at radius 1 is 1.33 bits per heavy atom. The molecule has 2 fully saturated rings. The minimum Gasteiger partial charge on any atom is -0.481 e. The van der Waals surface area contributed by atoms with Crippen molar-refractivity contribution in [3.8, 4) is 5.88 Å². The minimum atomic E-state index is -1.53. The number of hydrogen-bond acceptors (Lipinski definition) is 6. The first-order valence-corrected chi connectivity index (χ1v) is 9.58. The number of rotatable bonds is 3. The van der Waals surface area contributed by atoms with Gasteiger partial charge in [0.2, 0.25) is 5.88 Å². The topological polar surface area (TPSA) is 80.7 Å². The molecule has 1 N–H and O–H groups in total. The van der Waals surface area contributed by atoms with Gasteiger partial charge in [-0.1, -0.05) is 0 Å². The van der Waals surface area contributed by atoms with Gasteiger partial charge in [-0.25, -0.2) is 9.37 Å². The van der Waals surface area contributed by atoms with Gasteiger partial charge in [0.15, 0.2) is 11.2 Å². The van der Waals surface area contributed by atoms with Crippen molar-refractivity contribution in [2.24, 2.45) is 16.3 Å². The van der Waals surface area contributed by atoms with Crippen LogP contribution in [-0.4, -0.2) is 35.5 Å². The molecular weight excluding hydrogens is 369 g/mol. The van der Waals surface area contributed by atoms with E-state index in [-0.39, 0.29) is 17.3 Å². The maximum Gasteiger partial charge on any atom is 0.255 e. The number of methoxy groups -OCH3 is 1. The number of ketones is 1. The third kappa shape index (κ3) is 2.25. The molecule has 1 aromatic rings. The number of aliphatic imine (C=N–C) groups is 1. The smallest absolute Gasteiger partial charge is 0.255 e. The Kier molecular flexibility index (Phi) is 3.56. The lowest BCUT2D eigenvalue weighted by molar-refractivity contribution is -0.133. The quantitative estimate of drug-likeness (QED) is 0.639. The van der Waals surface area contributed by atoms with Crippen molar-refractivity contribution in [1.82, 2.24) is 9.71 Å². The first-order chi connectivity index (χ1) is 13.1. The third-order valence-corrected chi connectivity index (χ3v) is 6.45. The molecule has 4 aliphatic rings. The number of aromatic nitrogens is 1. The molecule has 6 nitrogen and oxygen atoms in total. The highest BCUT2D eigenvalue weighted by molar-refractivity contribution is 8.02. The number of carbonyl (C=O) groups excluding carboxylic acids is 2. The number of carbonyl (C=O) groups is 2. The summed E-state index contributed by atoms with van der Waals surface area (Å²) in [5.74, 6) is -0.695. The van der Waals surface area contributed by atoms with Crippen molar-refractivity contribution < 1.29 is 18.7 Å². The number of amides is 1. The highest BCUT2D eigenvalue weighted by atomic mass is 32.2. The molecule has 2 aliphatic carbocycles. The second-order valence-corrected chi connectivity index (χ2v) is 7.94. The summed E-state index contributed by atoms with van der Waals surface area (Å²) in [5, 5.41) is 0. The molecule has 2 atom stereocenters. The highest BCUT2D eigenvalue weighted by Crippen LogP contribution is 2.54. The van der Waals surface area contributed by atoms with E-state index in [1.54, 1.807) is 12.1 Å². The van der Waals surface area contributed by atoms with Gasteiger partial charge in [-0.2, -0.15) is 0 Å². The molecule has 1 amide bonds. The second-order valence-electron chi connectivity index (χ2n) is 7.09. The van der Waals surface area contributed by atoms with Crippen LogP contribution < -0.4 is 9.46 Å². The summed E-state index contributed by atoms with van der Waals surface area (Å²) in [6, 6.07) is 3.17. The first kappa shape index (κ1) is 16.7. The van der Waals surface area contributed by atoms with Crippen molar-refractivity contribution in [3.05, 3.63) is 40.7 Å². The van der Waals surface area contributed by atoms with E-state index in [9.17, 15) is 9.59 Å². The summed E-state index contributed by atoms with van der Waals surface area (Å²) in [5.41, 5.74) is -0.612. The summed E-state index contributed by atoms with van der Waals surface area (Å²) >= 11 is 1.15. The molecule has 138 valence electrons. The van der Waals surface area contributed by atoms with Crippen LogP contribution in [0.5, 0.6) is 5.88 Å². The van der Waals surface area contributed by atoms with Gasteiger partial charge in [-0.15, -0.1) is 0 Å². The Morgan fingerprint density at radius 2 is 2.15 bits per heavy atom. The largest absolute Gasteiger partial charge is 0.481 e. The van der Waals surface area contributed by atoms with E-state index in [4.69, 9.17) is 9.73 Å². The zero-order valence-electron chi connectivity index (χ0n) is 14.5. The Labute approximate surface area is 159 Å². The van der Waals surface area contributed by atoms with E-state index in [2.05, 4.69) is 9.71 Å². The van der Waals surface area contributed by atoms with Crippen LogP contribution in [-0.2, 0) is 9.59 Å². The number of hydrogen-bond donors (Lipinski definition) is 1. The number of dihydropyridines is 1. The van der Waals surface area contributed by atoms with Gasteiger partial charge < -0.3 is 4.74 Å². The number of ether oxygens (including phenoxy) is 1. The van der Waals surface area contributed by atoms with Gasteiger partial charge in [-0.3, -0.25) is 19.3 Å². The molecule has 8 heteroatoms. The number of allylic oxidation sites excluding steroid dienone is 2. The molecule has 2 unspecified atom stereocenters. The number of nitrogens with one attached hydrogen (secondary N) is 1. The summed E-state index contributed by atoms with van der Waals surface area (Å²) in [6.07, 6.45) is 5.06. The van der Waals surface area contributed by atoms with Crippen LogP contribution in [0.2, 0.25) is 0 Å². The number of nitrogens with zero attached hydrogens (tertiary/aromatic N) is 2. The lowest BCUT2D eigenvalue weighted by Gasteiger charge is -2.36. The van der Waals surface area contributed by atoms with E-state index >= 15 is 4.39 Å². The van der Waals surface area contributed by atoms with Crippen LogP contribution in [0, 0.1) is 11.3 Å². The maximum absolute atomic E-state index is 15.0. The average Bonchev–Trinajstić information content (AvgIpc) is 3.46. The Hall–Kier alpha value is -2.48. The lowest BCUT2D eigenvalue weighted by atomic mass is 9.67. The Balaban J connectivity index is 1.72. The van der Waals surface area contributed by atoms with Gasteiger partial charge >= 0.3 is 0 Å². The molecular formula is C19H16FN3O3S. The summed E-state index contributed by atoms with van der Waals surface area (Å²) in [7, 11) is 1.50. The van der Waals surface area contributed by atoms with Gasteiger partial charge in [-0.05, 0) is 42.8 Å². The normalized spacial score (nSPS) is 29.6. The fourth-order valence-electron chi connectivity index (χ4n) is 3.95. The summed E-state index contributed by atoms with van der Waals surface area (Å²) in [4.78, 5) is 35.2. The van der Waals surface area contributed by atoms with Crippen molar-refractivity contribution in [3.63, 3.8) is 0 Å². The Morgan fingerprint density at radius 3 is 2.81 bits per heavy atom. The number of pyridine rings is 1. The lowest BCUT2D eigenvalue weighted by Crippen LogP contribution is -2.51. The van der Waals surface area contributed by atoms with Crippen LogP contribution in [0.15, 0.2) is 40.1 Å². The molecule has 1 saturated carbocycles. The fourth-order valence-corrected chi connectivity index (χ4v) is 4.97. The van der Waals surface area contributed by atoms with E-state index in [1.165, 1.54) is 13.3 Å². The SMILES string of the molecule is COc1ccc(C2=C(F)CC(=O)C34C(=O)NSC3=CC(C3CC3)N=C24)cn1. The number of halogens is 1. The van der Waals surface area contributed by atoms with Crippen molar-refractivity contribution in [1.29, 1.82) is 0 Å². The van der Waals surface area contributed by atoms with Crippen LogP contribution >= 0.6 is 11.9 Å². The summed E-state index contributed by atoms with van der Waals surface area (Å²) in [6.45, 7) is 0. The standard InChI is InChI=1S/C19H16FN3O3S/c1-26-15-5-4-10(8-21-15)16-11(20)6-13(24)19-14(27-23-18(19)25)7-12(9-2-3-9)22-17(16)19/h4-5,7-9,12H,2-3,6H2,1H3,(H,23,25). The molecule has 0 aromatic carbocycles. The fraction of sp³-hybridized carbons (Fsp3) is 0.368. The monoisotopic (exact) mass is 385 g/mol. The molecule has 5 rings (SSSR count). The minimum absolute atomic E-state index is 0.136. The maximum atomic E-state index is 15.0. The van der Waals surface area contributed by atoms with Crippen molar-refractivity contribution in [2.75, 3.05) is 7.11 Å². The van der Waals surface area contributed by atoms with Gasteiger partial charge in [0.25, 0.3) is 5.91 Å². The molecule has 27 heavy (non-hydrogen) atoms. The van der Waals surface area contributed by atoms with Gasteiger partial charge in [0.1, 0.15) is 5.83 Å². The van der Waals surface area contributed by atoms with Crippen LogP contribution in [0.1, 0.15) is 24.8 Å². The molecule has 2 aliphatic heterocycles. The molecule has 0 bridgehead atoms. The second kappa shape index (κ2) is 5.76. The molecule has 0 radical (unpaired) electrons. The van der Waals surface area contributed by atoms with Gasteiger partial charge in [0.05, 0.1) is 25.3 Å². The number of Topliss-reactive ketones (excluding diaryl/α,β-unsaturated/α-hetero) is 1. The molecule has 1 saturated heterocycles. The van der Waals surface area contributed by atoms with Crippen molar-refractivity contribution >= 4 is 34.9 Å². The Bertz CT molecular complexity index is 965. The van der Waals surface area contributed by atoms with E-state index in [0.29, 0.717) is 22.3 Å². The summed E-state index contributed by atoms with van der Waals surface area (Å²) < 4.78 is 22.8. The zero-order chi connectivity index (χ0) is 18.8. The van der Waals surface area contributed by atoms with Crippen LogP contribution in [0.4, 0.5) is 4.39 Å². The van der Waals surface area contributed by atoms with E-state index in [1.807, 2.05) is 6.08 Å². The van der Waals surface area contributed by atoms with Crippen molar-refractivity contribution in [2.45, 2.75) is 25.3 Å². The molecule has 3 heterocycles. The average molecular weight is 385 g/mol.